The monoisotopic (exact) mass is 225 g/mol. The van der Waals surface area contributed by atoms with Gasteiger partial charge in [0, 0.05) is 0 Å². The van der Waals surface area contributed by atoms with Gasteiger partial charge in [0.1, 0.15) is 0 Å². The second-order valence-electron chi connectivity index (χ2n) is 3.37. The number of allylic oxidation sites excluding steroid dienone is 1. The van der Waals surface area contributed by atoms with Gasteiger partial charge in [0.2, 0.25) is 0 Å². The van der Waals surface area contributed by atoms with E-state index in [1.807, 2.05) is 0 Å². The van der Waals surface area contributed by atoms with Gasteiger partial charge in [0.15, 0.2) is 6.73 Å². The lowest BCUT2D eigenvalue weighted by molar-refractivity contribution is -0.151. The number of carbonyl (C=O) groups excluding carboxylic acids is 1. The Morgan fingerprint density at radius 1 is 1.50 bits per heavy atom. The van der Waals surface area contributed by atoms with E-state index in [4.69, 9.17) is 4.74 Å². The number of aliphatic hydroxyl groups excluding tert-OH is 1. The van der Waals surface area contributed by atoms with Crippen LogP contribution >= 0.6 is 0 Å². The zero-order valence-corrected chi connectivity index (χ0v) is 9.47. The number of unbranched alkanes of at least 4 members (excludes halogenated alkanes) is 1. The normalized spacial score (nSPS) is 13.6. The molecule has 0 aliphatic rings. The Morgan fingerprint density at radius 3 is 2.69 bits per heavy atom. The molecule has 0 amide bonds. The fraction of sp³-hybridized carbons (Fsp3) is 0.500. The van der Waals surface area contributed by atoms with Crippen molar-refractivity contribution < 1.29 is 14.6 Å². The van der Waals surface area contributed by atoms with Crippen molar-refractivity contribution in [1.82, 2.24) is 0 Å². The third-order valence-electron chi connectivity index (χ3n) is 2.18. The Balaban J connectivity index is 4.27. The first kappa shape index (κ1) is 14.6. The summed E-state index contributed by atoms with van der Waals surface area (Å²) in [5, 5.41) is 9.60. The molecule has 0 bridgehead atoms. The Morgan fingerprint density at radius 2 is 2.19 bits per heavy atom. The molecule has 0 saturated carbocycles. The smallest absolute Gasteiger partial charge is 0.313 e. The maximum atomic E-state index is 11.6. The Kier molecular flexibility index (Phi) is 8.07. The number of hydrogen-bond donors (Lipinski definition) is 1. The largest absolute Gasteiger partial charge is 0.442 e. The van der Waals surface area contributed by atoms with Crippen molar-refractivity contribution in [3.63, 3.8) is 0 Å². The van der Waals surface area contributed by atoms with Crippen molar-refractivity contribution in [2.45, 2.75) is 25.4 Å². The molecule has 90 valence electrons. The van der Waals surface area contributed by atoms with Gasteiger partial charge < -0.3 is 9.84 Å². The summed E-state index contributed by atoms with van der Waals surface area (Å²) in [4.78, 5) is 15.0. The first-order chi connectivity index (χ1) is 7.67. The highest BCUT2D eigenvalue weighted by Crippen LogP contribution is 2.16. The molecule has 16 heavy (non-hydrogen) atoms. The van der Waals surface area contributed by atoms with Gasteiger partial charge in [-0.3, -0.25) is 9.79 Å². The van der Waals surface area contributed by atoms with Crippen LogP contribution in [0.1, 0.15) is 19.3 Å². The van der Waals surface area contributed by atoms with E-state index >= 15 is 0 Å². The van der Waals surface area contributed by atoms with E-state index in [0.29, 0.717) is 6.42 Å². The van der Waals surface area contributed by atoms with Crippen LogP contribution in [0.5, 0.6) is 0 Å². The molecule has 0 aromatic heterocycles. The maximum absolute atomic E-state index is 11.6. The lowest BCUT2D eigenvalue weighted by Gasteiger charge is -2.18. The summed E-state index contributed by atoms with van der Waals surface area (Å²) in [7, 11) is 0. The Hall–Kier alpha value is -1.42. The minimum absolute atomic E-state index is 0.0827. The van der Waals surface area contributed by atoms with Gasteiger partial charge in [0.05, 0.1) is 12.0 Å². The van der Waals surface area contributed by atoms with E-state index in [1.54, 1.807) is 6.08 Å². The van der Waals surface area contributed by atoms with Crippen molar-refractivity contribution in [2.24, 2.45) is 10.9 Å². The minimum atomic E-state index is -0.887. The van der Waals surface area contributed by atoms with Crippen LogP contribution in [-0.2, 0) is 9.53 Å². The van der Waals surface area contributed by atoms with Gasteiger partial charge in [-0.1, -0.05) is 12.2 Å². The van der Waals surface area contributed by atoms with E-state index < -0.39 is 18.0 Å². The zero-order chi connectivity index (χ0) is 12.4. The summed E-state index contributed by atoms with van der Waals surface area (Å²) in [6.07, 6.45) is 4.33. The number of esters is 1. The van der Waals surface area contributed by atoms with Crippen molar-refractivity contribution >= 4 is 12.7 Å². The second-order valence-corrected chi connectivity index (χ2v) is 3.37. The van der Waals surface area contributed by atoms with Crippen LogP contribution in [0.25, 0.3) is 0 Å². The number of carbonyl (C=O) groups is 1. The summed E-state index contributed by atoms with van der Waals surface area (Å²) in [5.74, 6) is -1.05. The fourth-order valence-electron chi connectivity index (χ4n) is 1.29. The molecule has 4 heteroatoms. The quantitative estimate of drug-likeness (QED) is 0.281. The third kappa shape index (κ3) is 5.46. The van der Waals surface area contributed by atoms with Gasteiger partial charge in [0.25, 0.3) is 0 Å². The number of rotatable bonds is 9. The minimum Gasteiger partial charge on any atom is -0.442 e. The molecule has 0 radical (unpaired) electrons. The molecular weight excluding hydrogens is 206 g/mol. The maximum Gasteiger partial charge on any atom is 0.313 e. The molecule has 1 N–H and O–H groups in total. The van der Waals surface area contributed by atoms with E-state index in [2.05, 4.69) is 24.9 Å². The second kappa shape index (κ2) is 8.85. The van der Waals surface area contributed by atoms with Crippen LogP contribution in [0.3, 0.4) is 0 Å². The summed E-state index contributed by atoms with van der Waals surface area (Å²) < 4.78 is 4.81. The first-order valence-electron chi connectivity index (χ1n) is 5.18. The number of ether oxygens (including phenoxy) is 1. The predicted octanol–water partition coefficient (Wildman–Crippen LogP) is 1.71. The standard InChI is InChI=1S/C12H19NO3/c1-4-6-7-8-10(11(14)5-2)12(15)16-9-13-3/h4-5,10-11,14H,1-3,6-9H2. The van der Waals surface area contributed by atoms with Crippen LogP contribution < -0.4 is 0 Å². The summed E-state index contributed by atoms with van der Waals surface area (Å²) in [6, 6.07) is 0. The van der Waals surface area contributed by atoms with Crippen molar-refractivity contribution in [2.75, 3.05) is 6.73 Å². The molecule has 0 heterocycles. The topological polar surface area (TPSA) is 58.9 Å². The van der Waals surface area contributed by atoms with Crippen LogP contribution in [0.15, 0.2) is 30.3 Å². The average Bonchev–Trinajstić information content (AvgIpc) is 2.30. The molecule has 0 fully saturated rings. The van der Waals surface area contributed by atoms with Gasteiger partial charge in [-0.25, -0.2) is 0 Å². The van der Waals surface area contributed by atoms with Crippen molar-refractivity contribution in [3.8, 4) is 0 Å². The Bertz CT molecular complexity index is 251. The molecule has 0 rings (SSSR count). The summed E-state index contributed by atoms with van der Waals surface area (Å²) in [6.45, 7) is 10.2. The summed E-state index contributed by atoms with van der Waals surface area (Å²) >= 11 is 0. The van der Waals surface area contributed by atoms with Gasteiger partial charge in [-0.15, -0.1) is 13.2 Å². The SMILES string of the molecule is C=CCCCC(C(=O)OCN=C)C(O)C=C. The molecule has 0 aromatic rings. The van der Waals surface area contributed by atoms with Gasteiger partial charge in [-0.2, -0.15) is 0 Å². The summed E-state index contributed by atoms with van der Waals surface area (Å²) in [5.41, 5.74) is 0. The van der Waals surface area contributed by atoms with Crippen LogP contribution in [0.4, 0.5) is 0 Å². The number of hydrogen-bond acceptors (Lipinski definition) is 4. The lowest BCUT2D eigenvalue weighted by atomic mass is 9.96. The number of nitrogens with zero attached hydrogens (tertiary/aromatic N) is 1. The predicted molar refractivity (Wildman–Crippen MR) is 64.2 cm³/mol. The molecule has 0 aliphatic carbocycles. The van der Waals surface area contributed by atoms with E-state index in [0.717, 1.165) is 12.8 Å². The molecular formula is C12H19NO3. The number of aliphatic hydroxyl groups is 1. The average molecular weight is 225 g/mol. The molecule has 2 atom stereocenters. The molecule has 2 unspecified atom stereocenters. The highest BCUT2D eigenvalue weighted by Gasteiger charge is 2.25. The van der Waals surface area contributed by atoms with Crippen LogP contribution in [0, 0.1) is 5.92 Å². The highest BCUT2D eigenvalue weighted by molar-refractivity contribution is 5.73. The van der Waals surface area contributed by atoms with E-state index in [-0.39, 0.29) is 6.73 Å². The highest BCUT2D eigenvalue weighted by atomic mass is 16.5. The first-order valence-corrected chi connectivity index (χ1v) is 5.18. The molecule has 0 aliphatic heterocycles. The van der Waals surface area contributed by atoms with Gasteiger partial charge >= 0.3 is 5.97 Å². The molecule has 0 saturated heterocycles. The van der Waals surface area contributed by atoms with Gasteiger partial charge in [-0.05, 0) is 26.0 Å². The Labute approximate surface area is 96.3 Å². The van der Waals surface area contributed by atoms with Crippen LogP contribution in [-0.4, -0.2) is 30.6 Å². The number of aliphatic imine (C=N–C) groups is 1. The van der Waals surface area contributed by atoms with E-state index in [9.17, 15) is 9.90 Å². The third-order valence-corrected chi connectivity index (χ3v) is 2.18. The van der Waals surface area contributed by atoms with Crippen molar-refractivity contribution in [3.05, 3.63) is 25.3 Å². The van der Waals surface area contributed by atoms with Crippen molar-refractivity contribution in [1.29, 1.82) is 0 Å². The fourth-order valence-corrected chi connectivity index (χ4v) is 1.29. The zero-order valence-electron chi connectivity index (χ0n) is 9.47. The lowest BCUT2D eigenvalue weighted by Crippen LogP contribution is -2.28. The van der Waals surface area contributed by atoms with E-state index in [1.165, 1.54) is 6.08 Å². The van der Waals surface area contributed by atoms with Crippen LogP contribution in [0.2, 0.25) is 0 Å². The molecule has 4 nitrogen and oxygen atoms in total. The molecule has 0 spiro atoms. The molecule has 0 aromatic carbocycles.